The van der Waals surface area contributed by atoms with Crippen molar-refractivity contribution in [3.8, 4) is 11.5 Å². The van der Waals surface area contributed by atoms with Crippen LogP contribution in [-0.2, 0) is 6.42 Å². The van der Waals surface area contributed by atoms with E-state index >= 15 is 0 Å². The van der Waals surface area contributed by atoms with Crippen LogP contribution in [0.5, 0.6) is 11.5 Å². The molecule has 0 radical (unpaired) electrons. The second-order valence-electron chi connectivity index (χ2n) is 6.00. The van der Waals surface area contributed by atoms with E-state index in [2.05, 4.69) is 53.5 Å². The summed E-state index contributed by atoms with van der Waals surface area (Å²) in [6.07, 6.45) is 0.921. The molecule has 0 aliphatic carbocycles. The molecule has 2 aromatic carbocycles. The van der Waals surface area contributed by atoms with Crippen LogP contribution in [0.2, 0.25) is 0 Å². The summed E-state index contributed by atoms with van der Waals surface area (Å²) >= 11 is 5.65. The summed E-state index contributed by atoms with van der Waals surface area (Å²) < 4.78 is 11.0. The van der Waals surface area contributed by atoms with Gasteiger partial charge < -0.3 is 19.7 Å². The molecule has 3 rings (SSSR count). The van der Waals surface area contributed by atoms with Gasteiger partial charge in [0, 0.05) is 13.1 Å². The summed E-state index contributed by atoms with van der Waals surface area (Å²) in [4.78, 5) is 2.27. The van der Waals surface area contributed by atoms with E-state index in [1.165, 1.54) is 16.7 Å². The van der Waals surface area contributed by atoms with Gasteiger partial charge in [0.25, 0.3) is 0 Å². The van der Waals surface area contributed by atoms with Crippen LogP contribution < -0.4 is 14.8 Å². The molecular weight excluding hydrogens is 332 g/mol. The highest BCUT2D eigenvalue weighted by Gasteiger charge is 2.31. The molecule has 1 N–H and O–H groups in total. The third-order valence-corrected chi connectivity index (χ3v) is 4.96. The molecule has 0 aromatic heterocycles. The molecule has 0 spiro atoms. The number of benzene rings is 2. The van der Waals surface area contributed by atoms with Crippen LogP contribution in [0, 0.1) is 0 Å². The molecule has 0 amide bonds. The molecule has 1 aliphatic rings. The van der Waals surface area contributed by atoms with Crippen molar-refractivity contribution in [2.45, 2.75) is 19.4 Å². The zero-order valence-corrected chi connectivity index (χ0v) is 15.7. The van der Waals surface area contributed by atoms with Crippen LogP contribution in [0.15, 0.2) is 42.5 Å². The predicted octanol–water partition coefficient (Wildman–Crippen LogP) is 3.55. The van der Waals surface area contributed by atoms with Crippen LogP contribution in [0.3, 0.4) is 0 Å². The van der Waals surface area contributed by atoms with Crippen LogP contribution >= 0.6 is 12.2 Å². The summed E-state index contributed by atoms with van der Waals surface area (Å²) in [5, 5.41) is 4.09. The molecular formula is C20H24N2O2S. The third-order valence-electron chi connectivity index (χ3n) is 4.58. The van der Waals surface area contributed by atoms with Gasteiger partial charge in [-0.2, -0.15) is 0 Å². The Morgan fingerprint density at radius 1 is 1.16 bits per heavy atom. The first kappa shape index (κ1) is 17.5. The minimum Gasteiger partial charge on any atom is -0.493 e. The summed E-state index contributed by atoms with van der Waals surface area (Å²) in [6.45, 7) is 3.75. The highest BCUT2D eigenvalue weighted by atomic mass is 32.1. The van der Waals surface area contributed by atoms with Crippen molar-refractivity contribution in [2.24, 2.45) is 0 Å². The first-order chi connectivity index (χ1) is 12.2. The predicted molar refractivity (Wildman–Crippen MR) is 105 cm³/mol. The third kappa shape index (κ3) is 3.42. The monoisotopic (exact) mass is 356 g/mol. The van der Waals surface area contributed by atoms with Gasteiger partial charge in [0.15, 0.2) is 16.6 Å². The minimum absolute atomic E-state index is 0.0660. The molecule has 0 unspecified atom stereocenters. The maximum Gasteiger partial charge on any atom is 0.169 e. The minimum atomic E-state index is 0.0660. The highest BCUT2D eigenvalue weighted by molar-refractivity contribution is 7.80. The summed E-state index contributed by atoms with van der Waals surface area (Å²) in [5.74, 6) is 1.52. The summed E-state index contributed by atoms with van der Waals surface area (Å²) in [6, 6.07) is 14.7. The maximum absolute atomic E-state index is 5.65. The van der Waals surface area contributed by atoms with E-state index in [0.29, 0.717) is 0 Å². The number of nitrogens with one attached hydrogen (secondary N) is 1. The summed E-state index contributed by atoms with van der Waals surface area (Å²) in [5.41, 5.74) is 3.72. The number of thiocarbonyl (C=S) groups is 1. The highest BCUT2D eigenvalue weighted by Crippen LogP contribution is 2.40. The lowest BCUT2D eigenvalue weighted by molar-refractivity contribution is 0.324. The van der Waals surface area contributed by atoms with E-state index in [4.69, 9.17) is 21.7 Å². The second-order valence-corrected chi connectivity index (χ2v) is 6.38. The van der Waals surface area contributed by atoms with E-state index in [9.17, 15) is 0 Å². The average molecular weight is 356 g/mol. The van der Waals surface area contributed by atoms with Crippen molar-refractivity contribution in [3.63, 3.8) is 0 Å². The molecule has 132 valence electrons. The Kier molecular flexibility index (Phi) is 5.43. The molecule has 5 heteroatoms. The van der Waals surface area contributed by atoms with Crippen LogP contribution in [-0.4, -0.2) is 37.3 Å². The Hall–Kier alpha value is -2.27. The molecule has 0 bridgehead atoms. The molecule has 0 saturated carbocycles. The smallest absolute Gasteiger partial charge is 0.169 e. The molecule has 4 nitrogen and oxygen atoms in total. The van der Waals surface area contributed by atoms with Gasteiger partial charge in [-0.3, -0.25) is 0 Å². The van der Waals surface area contributed by atoms with Gasteiger partial charge in [0.2, 0.25) is 0 Å². The summed E-state index contributed by atoms with van der Waals surface area (Å²) in [7, 11) is 3.35. The Bertz CT molecular complexity index is 749. The average Bonchev–Trinajstić information content (AvgIpc) is 2.66. The van der Waals surface area contributed by atoms with Crippen molar-refractivity contribution in [1.29, 1.82) is 0 Å². The Balaban J connectivity index is 2.12. The Labute approximate surface area is 154 Å². The van der Waals surface area contributed by atoms with Gasteiger partial charge in [0.05, 0.1) is 20.3 Å². The van der Waals surface area contributed by atoms with Gasteiger partial charge >= 0.3 is 0 Å². The second kappa shape index (κ2) is 7.74. The fourth-order valence-electron chi connectivity index (χ4n) is 3.41. The Morgan fingerprint density at radius 2 is 1.84 bits per heavy atom. The maximum atomic E-state index is 5.65. The van der Waals surface area contributed by atoms with Gasteiger partial charge in [-0.05, 0) is 54.4 Å². The number of hydrogen-bond donors (Lipinski definition) is 1. The van der Waals surface area contributed by atoms with Crippen molar-refractivity contribution in [2.75, 3.05) is 27.3 Å². The van der Waals surface area contributed by atoms with E-state index < -0.39 is 0 Å². The van der Waals surface area contributed by atoms with E-state index in [0.717, 1.165) is 36.1 Å². The lowest BCUT2D eigenvalue weighted by atomic mass is 9.88. The van der Waals surface area contributed by atoms with Crippen molar-refractivity contribution < 1.29 is 9.47 Å². The van der Waals surface area contributed by atoms with Crippen LogP contribution in [0.1, 0.15) is 29.7 Å². The molecule has 1 heterocycles. The normalized spacial score (nSPS) is 16.1. The number of rotatable bonds is 4. The standard InChI is InChI=1S/C20H24N2O2S/c1-4-21-20(25)22-11-10-15-12-17(23-2)18(24-3)13-16(15)19(22)14-8-6-5-7-9-14/h5-9,12-13,19H,4,10-11H2,1-3H3,(H,21,25)/t19-/m0/s1. The van der Waals surface area contributed by atoms with E-state index in [1.54, 1.807) is 14.2 Å². The van der Waals surface area contributed by atoms with Gasteiger partial charge in [-0.25, -0.2) is 0 Å². The van der Waals surface area contributed by atoms with Crippen molar-refractivity contribution in [3.05, 3.63) is 59.2 Å². The molecule has 2 aromatic rings. The number of hydrogen-bond acceptors (Lipinski definition) is 3. The number of nitrogens with zero attached hydrogens (tertiary/aromatic N) is 1. The van der Waals surface area contributed by atoms with Crippen molar-refractivity contribution >= 4 is 17.3 Å². The number of fused-ring (bicyclic) bond motifs is 1. The van der Waals surface area contributed by atoms with Gasteiger partial charge in [0.1, 0.15) is 0 Å². The molecule has 0 saturated heterocycles. The first-order valence-corrected chi connectivity index (χ1v) is 8.94. The fourth-order valence-corrected chi connectivity index (χ4v) is 3.75. The number of ether oxygens (including phenoxy) is 2. The lowest BCUT2D eigenvalue weighted by Gasteiger charge is -2.39. The Morgan fingerprint density at radius 3 is 2.48 bits per heavy atom. The van der Waals surface area contributed by atoms with E-state index in [1.807, 2.05) is 6.07 Å². The quantitative estimate of drug-likeness (QED) is 0.848. The fraction of sp³-hybridized carbons (Fsp3) is 0.350. The van der Waals surface area contributed by atoms with Gasteiger partial charge in [-0.15, -0.1) is 0 Å². The van der Waals surface area contributed by atoms with Crippen LogP contribution in [0.25, 0.3) is 0 Å². The molecule has 25 heavy (non-hydrogen) atoms. The SMILES string of the molecule is CCNC(=S)N1CCc2cc(OC)c(OC)cc2[C@@H]1c1ccccc1. The van der Waals surface area contributed by atoms with Crippen molar-refractivity contribution in [1.82, 2.24) is 10.2 Å². The largest absolute Gasteiger partial charge is 0.493 e. The van der Waals surface area contributed by atoms with E-state index in [-0.39, 0.29) is 6.04 Å². The molecule has 0 fully saturated rings. The van der Waals surface area contributed by atoms with Gasteiger partial charge in [-0.1, -0.05) is 30.3 Å². The molecule has 1 aliphatic heterocycles. The number of methoxy groups -OCH3 is 2. The zero-order chi connectivity index (χ0) is 17.8. The zero-order valence-electron chi connectivity index (χ0n) is 14.9. The topological polar surface area (TPSA) is 33.7 Å². The first-order valence-electron chi connectivity index (χ1n) is 8.53. The lowest BCUT2D eigenvalue weighted by Crippen LogP contribution is -2.45. The molecule has 1 atom stereocenters. The van der Waals surface area contributed by atoms with Crippen LogP contribution in [0.4, 0.5) is 0 Å².